The highest BCUT2D eigenvalue weighted by Crippen LogP contribution is 2.21. The summed E-state index contributed by atoms with van der Waals surface area (Å²) < 4.78 is 0. The molecule has 2 rings (SSSR count). The molecule has 128 valence electrons. The summed E-state index contributed by atoms with van der Waals surface area (Å²) in [4.78, 5) is 25.3. The van der Waals surface area contributed by atoms with Gasteiger partial charge in [0.25, 0.3) is 5.91 Å². The molecule has 1 N–H and O–H groups in total. The van der Waals surface area contributed by atoms with Crippen LogP contribution in [0.4, 0.5) is 5.95 Å². The lowest BCUT2D eigenvalue weighted by atomic mass is 9.99. The fraction of sp³-hybridized carbons (Fsp3) is 0.706. The Balaban J connectivity index is 1.89. The first-order valence-electron chi connectivity index (χ1n) is 8.63. The number of amides is 1. The van der Waals surface area contributed by atoms with Gasteiger partial charge in [-0.2, -0.15) is 0 Å². The van der Waals surface area contributed by atoms with Crippen molar-refractivity contribution in [3.05, 3.63) is 18.0 Å². The van der Waals surface area contributed by atoms with E-state index in [-0.39, 0.29) is 5.91 Å². The fourth-order valence-electron chi connectivity index (χ4n) is 2.98. The summed E-state index contributed by atoms with van der Waals surface area (Å²) in [5.41, 5.74) is 0.587. The van der Waals surface area contributed by atoms with Gasteiger partial charge in [0.1, 0.15) is 0 Å². The van der Waals surface area contributed by atoms with E-state index in [1.165, 1.54) is 6.42 Å². The van der Waals surface area contributed by atoms with Crippen LogP contribution < -0.4 is 5.32 Å². The van der Waals surface area contributed by atoms with E-state index in [1.807, 2.05) is 4.90 Å². The maximum absolute atomic E-state index is 12.6. The van der Waals surface area contributed by atoms with Gasteiger partial charge in [-0.15, -0.1) is 0 Å². The second-order valence-electron chi connectivity index (χ2n) is 6.44. The fourth-order valence-corrected chi connectivity index (χ4v) is 2.98. The molecule has 0 saturated carbocycles. The summed E-state index contributed by atoms with van der Waals surface area (Å²) in [5.74, 6) is 0.654. The average molecular weight is 319 g/mol. The number of nitrogens with zero attached hydrogens (tertiary/aromatic N) is 4. The summed E-state index contributed by atoms with van der Waals surface area (Å²) in [6.45, 7) is 4.85. The van der Waals surface area contributed by atoms with Crippen LogP contribution in [0.2, 0.25) is 0 Å². The van der Waals surface area contributed by atoms with Crippen LogP contribution in [0.15, 0.2) is 12.4 Å². The Bertz CT molecular complexity index is 488. The first-order valence-corrected chi connectivity index (χ1v) is 8.63. The molecule has 0 aliphatic carbocycles. The smallest absolute Gasteiger partial charge is 0.257 e. The van der Waals surface area contributed by atoms with E-state index in [0.717, 1.165) is 45.3 Å². The number of hydrogen-bond acceptors (Lipinski definition) is 5. The van der Waals surface area contributed by atoms with Crippen LogP contribution in [0.5, 0.6) is 0 Å². The standard InChI is InChI=1S/C17H29N5O/c1-4-15-8-5-6-11-22(15)16(23)14-12-19-17(20-13-14)18-9-7-10-21(2)3/h12-13,15H,4-11H2,1-3H3,(H,18,19,20). The molecule has 1 unspecified atom stereocenters. The van der Waals surface area contributed by atoms with Crippen molar-refractivity contribution < 1.29 is 4.79 Å². The molecule has 0 radical (unpaired) electrons. The summed E-state index contributed by atoms with van der Waals surface area (Å²) in [6, 6.07) is 0.361. The second-order valence-corrected chi connectivity index (χ2v) is 6.44. The highest BCUT2D eigenvalue weighted by molar-refractivity contribution is 5.94. The molecule has 1 aliphatic rings. The van der Waals surface area contributed by atoms with Gasteiger partial charge in [0.2, 0.25) is 5.95 Å². The van der Waals surface area contributed by atoms with Gasteiger partial charge in [0.15, 0.2) is 0 Å². The van der Waals surface area contributed by atoms with E-state index >= 15 is 0 Å². The maximum atomic E-state index is 12.6. The zero-order chi connectivity index (χ0) is 16.7. The molecule has 1 saturated heterocycles. The van der Waals surface area contributed by atoms with Crippen LogP contribution in [0, 0.1) is 0 Å². The van der Waals surface area contributed by atoms with E-state index in [1.54, 1.807) is 12.4 Å². The molecule has 0 aromatic carbocycles. The number of piperidine rings is 1. The Morgan fingerprint density at radius 3 is 2.74 bits per heavy atom. The number of likely N-dealkylation sites (tertiary alicyclic amines) is 1. The number of nitrogens with one attached hydrogen (secondary N) is 1. The first kappa shape index (κ1) is 17.7. The van der Waals surface area contributed by atoms with Gasteiger partial charge >= 0.3 is 0 Å². The quantitative estimate of drug-likeness (QED) is 0.781. The van der Waals surface area contributed by atoms with E-state index in [0.29, 0.717) is 17.6 Å². The van der Waals surface area contributed by atoms with E-state index in [4.69, 9.17) is 0 Å². The number of anilines is 1. The number of aromatic nitrogens is 2. The minimum atomic E-state index is 0.0655. The second kappa shape index (κ2) is 8.82. The highest BCUT2D eigenvalue weighted by Gasteiger charge is 2.26. The molecule has 1 aromatic heterocycles. The summed E-state index contributed by atoms with van der Waals surface area (Å²) >= 11 is 0. The van der Waals surface area contributed by atoms with Gasteiger partial charge in [-0.25, -0.2) is 9.97 Å². The minimum Gasteiger partial charge on any atom is -0.354 e. The van der Waals surface area contributed by atoms with Crippen LogP contribution in [-0.2, 0) is 0 Å². The molecule has 6 heteroatoms. The summed E-state index contributed by atoms with van der Waals surface area (Å²) in [5, 5.41) is 3.19. The Labute approximate surface area is 139 Å². The number of rotatable bonds is 7. The van der Waals surface area contributed by atoms with Gasteiger partial charge < -0.3 is 15.1 Å². The molecule has 1 aliphatic heterocycles. The number of hydrogen-bond donors (Lipinski definition) is 1. The Morgan fingerprint density at radius 2 is 2.09 bits per heavy atom. The Morgan fingerprint density at radius 1 is 1.35 bits per heavy atom. The third-order valence-electron chi connectivity index (χ3n) is 4.32. The van der Waals surface area contributed by atoms with Gasteiger partial charge in [0.05, 0.1) is 5.56 Å². The van der Waals surface area contributed by atoms with Crippen LogP contribution in [0.1, 0.15) is 49.4 Å². The molecule has 23 heavy (non-hydrogen) atoms. The van der Waals surface area contributed by atoms with Crippen molar-refractivity contribution in [2.24, 2.45) is 0 Å². The molecule has 1 fully saturated rings. The van der Waals surface area contributed by atoms with E-state index in [9.17, 15) is 4.79 Å². The lowest BCUT2D eigenvalue weighted by Crippen LogP contribution is -2.43. The molecular weight excluding hydrogens is 290 g/mol. The summed E-state index contributed by atoms with van der Waals surface area (Å²) in [7, 11) is 4.11. The predicted molar refractivity (Wildman–Crippen MR) is 92.7 cm³/mol. The van der Waals surface area contributed by atoms with Crippen LogP contribution in [0.3, 0.4) is 0 Å². The molecule has 1 aromatic rings. The van der Waals surface area contributed by atoms with Gasteiger partial charge in [-0.05, 0) is 52.7 Å². The van der Waals surface area contributed by atoms with Gasteiger partial charge in [-0.1, -0.05) is 6.92 Å². The largest absolute Gasteiger partial charge is 0.354 e. The Kier molecular flexibility index (Phi) is 6.77. The lowest BCUT2D eigenvalue weighted by molar-refractivity contribution is 0.0607. The van der Waals surface area contributed by atoms with Gasteiger partial charge in [0, 0.05) is 31.5 Å². The zero-order valence-electron chi connectivity index (χ0n) is 14.6. The SMILES string of the molecule is CCC1CCCCN1C(=O)c1cnc(NCCCN(C)C)nc1. The van der Waals surface area contributed by atoms with Crippen molar-refractivity contribution in [3.8, 4) is 0 Å². The molecule has 6 nitrogen and oxygen atoms in total. The van der Waals surface area contributed by atoms with Crippen molar-refractivity contribution in [1.29, 1.82) is 0 Å². The van der Waals surface area contributed by atoms with Crippen LogP contribution >= 0.6 is 0 Å². The molecular formula is C17H29N5O. The predicted octanol–water partition coefficient (Wildman–Crippen LogP) is 2.24. The molecule has 2 heterocycles. The zero-order valence-corrected chi connectivity index (χ0v) is 14.6. The highest BCUT2D eigenvalue weighted by atomic mass is 16.2. The first-order chi connectivity index (χ1) is 11.1. The van der Waals surface area contributed by atoms with Crippen LogP contribution in [0.25, 0.3) is 0 Å². The van der Waals surface area contributed by atoms with Crippen molar-refractivity contribution in [2.45, 2.75) is 45.1 Å². The Hall–Kier alpha value is -1.69. The van der Waals surface area contributed by atoms with Gasteiger partial charge in [-0.3, -0.25) is 4.79 Å². The van der Waals surface area contributed by atoms with Crippen LogP contribution in [-0.4, -0.2) is 65.4 Å². The van der Waals surface area contributed by atoms with Crippen molar-refractivity contribution in [1.82, 2.24) is 19.8 Å². The molecule has 1 atom stereocenters. The molecule has 0 spiro atoms. The average Bonchev–Trinajstić information content (AvgIpc) is 2.58. The lowest BCUT2D eigenvalue weighted by Gasteiger charge is -2.35. The van der Waals surface area contributed by atoms with Crippen molar-refractivity contribution in [2.75, 3.05) is 39.0 Å². The van der Waals surface area contributed by atoms with E-state index in [2.05, 4.69) is 41.2 Å². The third-order valence-corrected chi connectivity index (χ3v) is 4.32. The minimum absolute atomic E-state index is 0.0655. The van der Waals surface area contributed by atoms with Crippen molar-refractivity contribution >= 4 is 11.9 Å². The topological polar surface area (TPSA) is 61.4 Å². The molecule has 0 bridgehead atoms. The normalized spacial score (nSPS) is 18.3. The third kappa shape index (κ3) is 5.16. The maximum Gasteiger partial charge on any atom is 0.257 e. The monoisotopic (exact) mass is 319 g/mol. The number of carbonyl (C=O) groups excluding carboxylic acids is 1. The summed E-state index contributed by atoms with van der Waals surface area (Å²) in [6.07, 6.45) is 8.74. The van der Waals surface area contributed by atoms with Crippen molar-refractivity contribution in [3.63, 3.8) is 0 Å². The number of carbonyl (C=O) groups is 1. The molecule has 1 amide bonds. The van der Waals surface area contributed by atoms with E-state index < -0.39 is 0 Å².